The first kappa shape index (κ1) is 20.0. The summed E-state index contributed by atoms with van der Waals surface area (Å²) < 4.78 is 55.5. The van der Waals surface area contributed by atoms with Gasteiger partial charge in [-0.05, 0) is 18.2 Å². The Morgan fingerprint density at radius 1 is 0.852 bits per heavy atom. The minimum absolute atomic E-state index is 0.0364. The molecule has 144 valence electrons. The van der Waals surface area contributed by atoms with E-state index in [4.69, 9.17) is 34.8 Å². The van der Waals surface area contributed by atoms with Crippen LogP contribution in [-0.2, 0) is 0 Å². The van der Waals surface area contributed by atoms with Crippen LogP contribution in [0.2, 0.25) is 15.1 Å². The first-order valence-corrected chi connectivity index (χ1v) is 8.86. The Morgan fingerprint density at radius 3 is 1.93 bits per heavy atom. The summed E-state index contributed by atoms with van der Waals surface area (Å²) in [6.07, 6.45) is 0. The number of carbonyl (C=O) groups is 1. The number of benzene rings is 2. The molecule has 0 unspecified atom stereocenters. The Labute approximate surface area is 167 Å². The maximum absolute atomic E-state index is 14.1. The first-order valence-electron chi connectivity index (χ1n) is 7.73. The van der Waals surface area contributed by atoms with Crippen LogP contribution in [0.15, 0.2) is 18.2 Å². The highest BCUT2D eigenvalue weighted by molar-refractivity contribution is 6.36. The molecule has 0 aliphatic carbocycles. The summed E-state index contributed by atoms with van der Waals surface area (Å²) in [4.78, 5) is 15.1. The molecule has 1 aliphatic rings. The van der Waals surface area contributed by atoms with E-state index in [1.54, 1.807) is 0 Å². The first-order chi connectivity index (χ1) is 12.7. The summed E-state index contributed by atoms with van der Waals surface area (Å²) in [5.41, 5.74) is -0.610. The molecule has 10 heteroatoms. The number of hydrogen-bond donors (Lipinski definition) is 0. The highest BCUT2D eigenvalue weighted by Gasteiger charge is 2.31. The van der Waals surface area contributed by atoms with E-state index in [1.807, 2.05) is 0 Å². The van der Waals surface area contributed by atoms with Gasteiger partial charge in [0.1, 0.15) is 10.7 Å². The van der Waals surface area contributed by atoms with Crippen LogP contribution in [-0.4, -0.2) is 37.0 Å². The van der Waals surface area contributed by atoms with E-state index in [0.717, 1.165) is 4.90 Å². The van der Waals surface area contributed by atoms with Crippen molar-refractivity contribution in [3.63, 3.8) is 0 Å². The molecular formula is C17H11Cl3F4N2O. The molecule has 0 saturated carbocycles. The van der Waals surface area contributed by atoms with Crippen molar-refractivity contribution in [2.75, 3.05) is 31.1 Å². The van der Waals surface area contributed by atoms with Gasteiger partial charge in [-0.3, -0.25) is 4.79 Å². The predicted molar refractivity (Wildman–Crippen MR) is 95.9 cm³/mol. The van der Waals surface area contributed by atoms with Crippen LogP contribution < -0.4 is 4.90 Å². The van der Waals surface area contributed by atoms with Gasteiger partial charge in [-0.15, -0.1) is 0 Å². The highest BCUT2D eigenvalue weighted by Crippen LogP contribution is 2.34. The maximum atomic E-state index is 14.1. The van der Waals surface area contributed by atoms with E-state index >= 15 is 0 Å². The van der Waals surface area contributed by atoms with Gasteiger partial charge < -0.3 is 9.80 Å². The van der Waals surface area contributed by atoms with Crippen molar-refractivity contribution in [3.8, 4) is 0 Å². The largest absolute Gasteiger partial charge is 0.363 e. The van der Waals surface area contributed by atoms with Crippen LogP contribution in [0.1, 0.15) is 10.4 Å². The smallest absolute Gasteiger partial charge is 0.255 e. The molecule has 1 amide bonds. The standard InChI is InChI=1S/C17H11Cl3F4N2O/c18-8-1-2-9(10(19)7-8)17(27)26-5-3-25(4-6-26)16-14(23)12(21)11(20)13(22)15(16)24/h1-2,7H,3-6H2. The molecule has 1 aliphatic heterocycles. The lowest BCUT2D eigenvalue weighted by Gasteiger charge is -2.36. The van der Waals surface area contributed by atoms with Crippen molar-refractivity contribution in [3.05, 3.63) is 62.1 Å². The second-order valence-electron chi connectivity index (χ2n) is 5.82. The lowest BCUT2D eigenvalue weighted by Crippen LogP contribution is -2.49. The Kier molecular flexibility index (Phi) is 5.74. The van der Waals surface area contributed by atoms with Crippen LogP contribution in [0, 0.1) is 23.3 Å². The highest BCUT2D eigenvalue weighted by atomic mass is 35.5. The van der Waals surface area contributed by atoms with Gasteiger partial charge in [0.2, 0.25) is 0 Å². The number of piperazine rings is 1. The molecule has 2 aromatic carbocycles. The number of nitrogens with zero attached hydrogens (tertiary/aromatic N) is 2. The minimum Gasteiger partial charge on any atom is -0.363 e. The van der Waals surface area contributed by atoms with Gasteiger partial charge in [0.15, 0.2) is 23.3 Å². The van der Waals surface area contributed by atoms with Gasteiger partial charge in [-0.2, -0.15) is 0 Å². The number of rotatable bonds is 2. The Bertz CT molecular complexity index is 889. The molecule has 2 aromatic rings. The topological polar surface area (TPSA) is 23.6 Å². The predicted octanol–water partition coefficient (Wildman–Crippen LogP) is 5.17. The molecule has 1 heterocycles. The van der Waals surface area contributed by atoms with Crippen LogP contribution >= 0.6 is 34.8 Å². The second kappa shape index (κ2) is 7.73. The summed E-state index contributed by atoms with van der Waals surface area (Å²) in [6, 6.07) is 4.42. The van der Waals surface area contributed by atoms with Crippen LogP contribution in [0.5, 0.6) is 0 Å². The van der Waals surface area contributed by atoms with E-state index in [2.05, 4.69) is 0 Å². The molecule has 0 N–H and O–H groups in total. The maximum Gasteiger partial charge on any atom is 0.255 e. The Hall–Kier alpha value is -1.70. The third kappa shape index (κ3) is 3.68. The zero-order valence-electron chi connectivity index (χ0n) is 13.5. The summed E-state index contributed by atoms with van der Waals surface area (Å²) >= 11 is 17.1. The monoisotopic (exact) mass is 440 g/mol. The van der Waals surface area contributed by atoms with Gasteiger partial charge in [0.25, 0.3) is 5.91 Å². The van der Waals surface area contributed by atoms with Crippen molar-refractivity contribution in [2.45, 2.75) is 0 Å². The second-order valence-corrected chi connectivity index (χ2v) is 7.04. The molecule has 1 fully saturated rings. The minimum atomic E-state index is -1.66. The number of amides is 1. The molecule has 3 rings (SSSR count). The number of anilines is 1. The summed E-state index contributed by atoms with van der Waals surface area (Å²) in [5, 5.41) is -0.687. The van der Waals surface area contributed by atoms with Gasteiger partial charge in [0, 0.05) is 31.2 Å². The van der Waals surface area contributed by atoms with Gasteiger partial charge in [-0.1, -0.05) is 34.8 Å². The third-order valence-electron chi connectivity index (χ3n) is 4.23. The molecule has 0 atom stereocenters. The van der Waals surface area contributed by atoms with E-state index in [0.29, 0.717) is 5.02 Å². The molecular weight excluding hydrogens is 431 g/mol. The summed E-state index contributed by atoms with van der Waals surface area (Å²) in [6.45, 7) is 0.0711. The summed E-state index contributed by atoms with van der Waals surface area (Å²) in [5.74, 6) is -6.83. The Morgan fingerprint density at radius 2 is 1.41 bits per heavy atom. The average Bonchev–Trinajstić information content (AvgIpc) is 2.65. The van der Waals surface area contributed by atoms with E-state index < -0.39 is 34.0 Å². The van der Waals surface area contributed by atoms with Crippen LogP contribution in [0.4, 0.5) is 23.2 Å². The summed E-state index contributed by atoms with van der Waals surface area (Å²) in [7, 11) is 0. The molecule has 3 nitrogen and oxygen atoms in total. The normalized spacial score (nSPS) is 14.6. The van der Waals surface area contributed by atoms with Crippen LogP contribution in [0.3, 0.4) is 0 Å². The van der Waals surface area contributed by atoms with Crippen LogP contribution in [0.25, 0.3) is 0 Å². The van der Waals surface area contributed by atoms with E-state index in [-0.39, 0.29) is 42.7 Å². The van der Waals surface area contributed by atoms with Crippen molar-refractivity contribution in [2.24, 2.45) is 0 Å². The number of halogens is 7. The van der Waals surface area contributed by atoms with Crippen molar-refractivity contribution < 1.29 is 22.4 Å². The third-order valence-corrected chi connectivity index (χ3v) is 5.11. The lowest BCUT2D eigenvalue weighted by molar-refractivity contribution is 0.0746. The molecule has 1 saturated heterocycles. The van der Waals surface area contributed by atoms with Crippen molar-refractivity contribution in [1.82, 2.24) is 4.90 Å². The van der Waals surface area contributed by atoms with Gasteiger partial charge in [-0.25, -0.2) is 17.6 Å². The van der Waals surface area contributed by atoms with E-state index in [1.165, 1.54) is 23.1 Å². The molecule has 0 spiro atoms. The van der Waals surface area contributed by atoms with Gasteiger partial charge >= 0.3 is 0 Å². The number of hydrogen-bond acceptors (Lipinski definition) is 2. The van der Waals surface area contributed by atoms with Crippen molar-refractivity contribution in [1.29, 1.82) is 0 Å². The number of carbonyl (C=O) groups excluding carboxylic acids is 1. The fraction of sp³-hybridized carbons (Fsp3) is 0.235. The molecule has 0 radical (unpaired) electrons. The zero-order chi connectivity index (χ0) is 19.9. The molecule has 27 heavy (non-hydrogen) atoms. The fourth-order valence-electron chi connectivity index (χ4n) is 2.84. The Balaban J connectivity index is 1.79. The van der Waals surface area contributed by atoms with Gasteiger partial charge in [0.05, 0.1) is 10.6 Å². The molecule has 0 aromatic heterocycles. The fourth-order valence-corrected chi connectivity index (χ4v) is 3.49. The van der Waals surface area contributed by atoms with Crippen molar-refractivity contribution >= 4 is 46.4 Å². The SMILES string of the molecule is O=C(c1ccc(Cl)cc1Cl)N1CCN(c2c(F)c(F)c(Cl)c(F)c2F)CC1. The average molecular weight is 442 g/mol. The van der Waals surface area contributed by atoms with E-state index in [9.17, 15) is 22.4 Å². The lowest BCUT2D eigenvalue weighted by atomic mass is 10.1. The molecule has 0 bridgehead atoms. The zero-order valence-corrected chi connectivity index (χ0v) is 15.8. The quantitative estimate of drug-likeness (QED) is 0.365.